The van der Waals surface area contributed by atoms with Gasteiger partial charge < -0.3 is 5.73 Å². The minimum absolute atomic E-state index is 0.192. The van der Waals surface area contributed by atoms with E-state index in [2.05, 4.69) is 25.6 Å². The first-order chi connectivity index (χ1) is 9.94. The van der Waals surface area contributed by atoms with Crippen LogP contribution in [0.2, 0.25) is 0 Å². The lowest BCUT2D eigenvalue weighted by atomic mass is 10.2. The normalized spacial score (nSPS) is 11.6. The van der Waals surface area contributed by atoms with Crippen LogP contribution in [0.25, 0.3) is 0 Å². The summed E-state index contributed by atoms with van der Waals surface area (Å²) in [6.07, 6.45) is 3.34. The number of rotatable bonds is 5. The van der Waals surface area contributed by atoms with Crippen LogP contribution in [0.5, 0.6) is 0 Å². The molecule has 2 aromatic rings. The second-order valence-corrected chi connectivity index (χ2v) is 7.19. The van der Waals surface area contributed by atoms with Crippen LogP contribution in [-0.2, 0) is 23.1 Å². The minimum Gasteiger partial charge on any atom is -0.326 e. The van der Waals surface area contributed by atoms with Crippen molar-refractivity contribution >= 4 is 26.0 Å². The van der Waals surface area contributed by atoms with Crippen LogP contribution in [0, 0.1) is 6.92 Å². The molecule has 0 fully saturated rings. The van der Waals surface area contributed by atoms with Gasteiger partial charge in [-0.15, -0.1) is 0 Å². The zero-order chi connectivity index (χ0) is 15.5. The smallest absolute Gasteiger partial charge is 0.242 e. The highest BCUT2D eigenvalue weighted by Crippen LogP contribution is 2.23. The summed E-state index contributed by atoms with van der Waals surface area (Å²) in [7, 11) is -3.61. The van der Waals surface area contributed by atoms with Gasteiger partial charge in [0, 0.05) is 30.0 Å². The molecule has 0 aliphatic rings. The van der Waals surface area contributed by atoms with Crippen molar-refractivity contribution in [1.29, 1.82) is 0 Å². The number of hydrogen-bond acceptors (Lipinski definition) is 4. The molecular formula is C14H16BrN3O2S. The third-order valence-corrected chi connectivity index (χ3v) is 5.51. The molecule has 0 saturated carbocycles. The molecule has 0 bridgehead atoms. The molecule has 1 heterocycles. The molecule has 0 atom stereocenters. The third kappa shape index (κ3) is 3.88. The van der Waals surface area contributed by atoms with Crippen LogP contribution in [0.1, 0.15) is 16.7 Å². The maximum Gasteiger partial charge on any atom is 0.242 e. The van der Waals surface area contributed by atoms with Crippen LogP contribution in [0.3, 0.4) is 0 Å². The van der Waals surface area contributed by atoms with Crippen LogP contribution in [0.15, 0.2) is 46.0 Å². The highest BCUT2D eigenvalue weighted by atomic mass is 79.9. The average Bonchev–Trinajstić information content (AvgIpc) is 2.47. The fourth-order valence-corrected chi connectivity index (χ4v) is 3.85. The summed E-state index contributed by atoms with van der Waals surface area (Å²) in [5.74, 6) is 0. The fraction of sp³-hybridized carbons (Fsp3) is 0.214. The van der Waals surface area contributed by atoms with Gasteiger partial charge in [-0.05, 0) is 57.7 Å². The SMILES string of the molecule is Cc1cnccc1CNS(=O)(=O)c1cc(CN)ccc1Br. The lowest BCUT2D eigenvalue weighted by molar-refractivity contribution is 0.580. The van der Waals surface area contributed by atoms with Gasteiger partial charge in [-0.1, -0.05) is 6.07 Å². The molecule has 0 aliphatic carbocycles. The Morgan fingerprint density at radius 1 is 1.33 bits per heavy atom. The van der Waals surface area contributed by atoms with E-state index >= 15 is 0 Å². The van der Waals surface area contributed by atoms with Crippen LogP contribution < -0.4 is 10.5 Å². The predicted molar refractivity (Wildman–Crippen MR) is 85.0 cm³/mol. The summed E-state index contributed by atoms with van der Waals surface area (Å²) >= 11 is 3.27. The number of nitrogens with two attached hydrogens (primary N) is 1. The summed E-state index contributed by atoms with van der Waals surface area (Å²) in [4.78, 5) is 4.18. The van der Waals surface area contributed by atoms with Gasteiger partial charge in [0.25, 0.3) is 0 Å². The number of hydrogen-bond donors (Lipinski definition) is 2. The first-order valence-corrected chi connectivity index (χ1v) is 8.59. The Balaban J connectivity index is 2.25. The highest BCUT2D eigenvalue weighted by Gasteiger charge is 2.18. The molecule has 1 aromatic carbocycles. The van der Waals surface area contributed by atoms with Gasteiger partial charge >= 0.3 is 0 Å². The number of halogens is 1. The van der Waals surface area contributed by atoms with E-state index in [-0.39, 0.29) is 11.4 Å². The molecule has 0 spiro atoms. The fourth-order valence-electron chi connectivity index (χ4n) is 1.83. The number of nitrogens with one attached hydrogen (secondary N) is 1. The maximum atomic E-state index is 12.4. The molecule has 1 aromatic heterocycles. The molecule has 7 heteroatoms. The van der Waals surface area contributed by atoms with Crippen molar-refractivity contribution in [2.75, 3.05) is 0 Å². The van der Waals surface area contributed by atoms with E-state index in [1.165, 1.54) is 0 Å². The molecule has 0 aliphatic heterocycles. The number of benzene rings is 1. The quantitative estimate of drug-likeness (QED) is 0.844. The number of sulfonamides is 1. The summed E-state index contributed by atoms with van der Waals surface area (Å²) in [6, 6.07) is 6.85. The lowest BCUT2D eigenvalue weighted by Gasteiger charge is -2.11. The van der Waals surface area contributed by atoms with Gasteiger partial charge in [-0.2, -0.15) is 0 Å². The van der Waals surface area contributed by atoms with E-state index in [1.807, 2.05) is 6.92 Å². The Morgan fingerprint density at radius 3 is 2.76 bits per heavy atom. The van der Waals surface area contributed by atoms with Gasteiger partial charge in [0.05, 0.1) is 4.90 Å². The topological polar surface area (TPSA) is 85.1 Å². The molecule has 21 heavy (non-hydrogen) atoms. The Kier molecular flexibility index (Phi) is 5.10. The average molecular weight is 370 g/mol. The van der Waals surface area contributed by atoms with Crippen LogP contribution >= 0.6 is 15.9 Å². The molecule has 112 valence electrons. The summed E-state index contributed by atoms with van der Waals surface area (Å²) in [5, 5.41) is 0. The first-order valence-electron chi connectivity index (χ1n) is 6.31. The zero-order valence-electron chi connectivity index (χ0n) is 11.5. The van der Waals surface area contributed by atoms with E-state index in [1.54, 1.807) is 36.7 Å². The maximum absolute atomic E-state index is 12.4. The lowest BCUT2D eigenvalue weighted by Crippen LogP contribution is -2.24. The van der Waals surface area contributed by atoms with Gasteiger partial charge in [0.15, 0.2) is 0 Å². The number of aryl methyl sites for hydroxylation is 1. The van der Waals surface area contributed by atoms with E-state index in [0.29, 0.717) is 11.0 Å². The standard InChI is InChI=1S/C14H16BrN3O2S/c1-10-8-17-5-4-12(10)9-18-21(19,20)14-6-11(7-16)2-3-13(14)15/h2-6,8,18H,7,9,16H2,1H3. The van der Waals surface area contributed by atoms with Gasteiger partial charge in [-0.25, -0.2) is 13.1 Å². The number of nitrogens with zero attached hydrogens (tertiary/aromatic N) is 1. The van der Waals surface area contributed by atoms with E-state index in [9.17, 15) is 8.42 Å². The van der Waals surface area contributed by atoms with Crippen molar-refractivity contribution in [2.24, 2.45) is 5.73 Å². The van der Waals surface area contributed by atoms with Crippen LogP contribution in [0.4, 0.5) is 0 Å². The summed E-state index contributed by atoms with van der Waals surface area (Å²) in [6.45, 7) is 2.40. The molecule has 0 amide bonds. The van der Waals surface area contributed by atoms with Gasteiger partial charge in [0.2, 0.25) is 10.0 Å². The monoisotopic (exact) mass is 369 g/mol. The van der Waals surface area contributed by atoms with Crippen molar-refractivity contribution < 1.29 is 8.42 Å². The summed E-state index contributed by atoms with van der Waals surface area (Å²) in [5.41, 5.74) is 8.15. The van der Waals surface area contributed by atoms with Crippen molar-refractivity contribution in [1.82, 2.24) is 9.71 Å². The molecular weight excluding hydrogens is 354 g/mol. The van der Waals surface area contributed by atoms with Crippen molar-refractivity contribution in [2.45, 2.75) is 24.9 Å². The van der Waals surface area contributed by atoms with Gasteiger partial charge in [0.1, 0.15) is 0 Å². The Labute approximate surface area is 132 Å². The minimum atomic E-state index is -3.61. The predicted octanol–water partition coefficient (Wildman–Crippen LogP) is 2.09. The molecule has 0 radical (unpaired) electrons. The Hall–Kier alpha value is -1.28. The van der Waals surface area contributed by atoms with Crippen molar-refractivity contribution in [3.05, 3.63) is 57.8 Å². The van der Waals surface area contributed by atoms with E-state index < -0.39 is 10.0 Å². The Bertz CT molecular complexity index is 748. The van der Waals surface area contributed by atoms with E-state index in [0.717, 1.165) is 16.7 Å². The number of aromatic nitrogens is 1. The Morgan fingerprint density at radius 2 is 2.10 bits per heavy atom. The largest absolute Gasteiger partial charge is 0.326 e. The van der Waals surface area contributed by atoms with Crippen molar-refractivity contribution in [3.8, 4) is 0 Å². The molecule has 0 unspecified atom stereocenters. The van der Waals surface area contributed by atoms with Gasteiger partial charge in [-0.3, -0.25) is 4.98 Å². The second-order valence-electron chi connectivity index (χ2n) is 4.60. The highest BCUT2D eigenvalue weighted by molar-refractivity contribution is 9.10. The molecule has 0 saturated heterocycles. The van der Waals surface area contributed by atoms with Crippen LogP contribution in [-0.4, -0.2) is 13.4 Å². The molecule has 5 nitrogen and oxygen atoms in total. The van der Waals surface area contributed by atoms with E-state index in [4.69, 9.17) is 5.73 Å². The molecule has 3 N–H and O–H groups in total. The third-order valence-electron chi connectivity index (χ3n) is 3.11. The second kappa shape index (κ2) is 6.65. The molecule has 2 rings (SSSR count). The van der Waals surface area contributed by atoms with Crippen molar-refractivity contribution in [3.63, 3.8) is 0 Å². The number of pyridine rings is 1. The zero-order valence-corrected chi connectivity index (χ0v) is 13.9. The first kappa shape index (κ1) is 16.1. The summed E-state index contributed by atoms with van der Waals surface area (Å²) < 4.78 is 27.9.